The molecule has 1 aliphatic heterocycles. The van der Waals surface area contributed by atoms with Crippen LogP contribution in [-0.4, -0.2) is 65.4 Å². The normalized spacial score (nSPS) is 16.5. The lowest BCUT2D eigenvalue weighted by atomic mass is 10.1. The largest absolute Gasteiger partial charge is 0.379 e. The predicted octanol–water partition coefficient (Wildman–Crippen LogP) is 2.23. The van der Waals surface area contributed by atoms with Crippen LogP contribution in [0.2, 0.25) is 5.02 Å². The van der Waals surface area contributed by atoms with E-state index in [2.05, 4.69) is 30.7 Å². The summed E-state index contributed by atoms with van der Waals surface area (Å²) >= 11 is 6.02. The number of nitrogens with one attached hydrogen (secondary N) is 3. The van der Waals surface area contributed by atoms with Gasteiger partial charge in [0.05, 0.1) is 30.8 Å². The molecule has 1 aromatic heterocycles. The van der Waals surface area contributed by atoms with Crippen molar-refractivity contribution in [3.63, 3.8) is 0 Å². The minimum Gasteiger partial charge on any atom is -0.379 e. The van der Waals surface area contributed by atoms with Crippen molar-refractivity contribution in [2.45, 2.75) is 26.3 Å². The van der Waals surface area contributed by atoms with Gasteiger partial charge in [0, 0.05) is 23.5 Å². The number of rotatable bonds is 3. The summed E-state index contributed by atoms with van der Waals surface area (Å²) in [5, 5.41) is 14.7. The number of aliphatic imine (C=N–C) groups is 1. The molecule has 9 heteroatoms. The smallest absolute Gasteiger partial charge is 0.240 e. The quantitative estimate of drug-likeness (QED) is 0.550. The first kappa shape index (κ1) is 19.6. The first-order chi connectivity index (χ1) is 12.8. The highest BCUT2D eigenvalue weighted by Gasteiger charge is 2.18. The molecule has 3 rings (SSSR count). The van der Waals surface area contributed by atoms with Gasteiger partial charge in [-0.15, -0.1) is 0 Å². The van der Waals surface area contributed by atoms with Crippen LogP contribution < -0.4 is 10.6 Å². The van der Waals surface area contributed by atoms with Crippen molar-refractivity contribution in [3.8, 4) is 0 Å². The van der Waals surface area contributed by atoms with E-state index in [4.69, 9.17) is 16.3 Å². The van der Waals surface area contributed by atoms with Gasteiger partial charge >= 0.3 is 0 Å². The maximum absolute atomic E-state index is 12.5. The molecule has 1 fully saturated rings. The van der Waals surface area contributed by atoms with Gasteiger partial charge < -0.3 is 10.1 Å². The molecule has 1 aromatic carbocycles. The zero-order chi connectivity index (χ0) is 19.4. The lowest BCUT2D eigenvalue weighted by Crippen LogP contribution is -2.46. The number of nitrogens with zero attached hydrogens (tertiary/aromatic N) is 3. The molecule has 3 N–H and O–H groups in total. The maximum atomic E-state index is 12.5. The van der Waals surface area contributed by atoms with Crippen molar-refractivity contribution in [2.24, 2.45) is 4.99 Å². The van der Waals surface area contributed by atoms with E-state index in [-0.39, 0.29) is 11.4 Å². The van der Waals surface area contributed by atoms with Gasteiger partial charge in [-0.05, 0) is 39.0 Å². The number of morpholine rings is 1. The highest BCUT2D eigenvalue weighted by Crippen LogP contribution is 2.23. The SMILES string of the molecule is CC(C)(C)N=C(NC(=O)CN1CCOCC1)Nc1n[nH]c2cc(Cl)ccc12. The molecule has 0 aliphatic carbocycles. The number of H-pyrrole nitrogens is 1. The van der Waals surface area contributed by atoms with Gasteiger partial charge in [-0.2, -0.15) is 5.10 Å². The number of anilines is 1. The average molecular weight is 393 g/mol. The number of ether oxygens (including phenoxy) is 1. The Hall–Kier alpha value is -2.16. The van der Waals surface area contributed by atoms with Gasteiger partial charge in [0.25, 0.3) is 0 Å². The van der Waals surface area contributed by atoms with Gasteiger partial charge in [0.1, 0.15) is 0 Å². The standard InChI is InChI=1S/C18H25ClN6O2/c1-18(2,3)22-17(20-15(26)11-25-6-8-27-9-7-25)21-16-13-5-4-12(19)10-14(13)23-24-16/h4-5,10H,6-9,11H2,1-3H3,(H3,20,21,22,23,24,26). The Morgan fingerprint density at radius 1 is 1.37 bits per heavy atom. The number of guanidine groups is 1. The summed E-state index contributed by atoms with van der Waals surface area (Å²) < 4.78 is 5.32. The number of amides is 1. The Labute approximate surface area is 163 Å². The Morgan fingerprint density at radius 2 is 2.11 bits per heavy atom. The Bertz CT molecular complexity index is 836. The number of benzene rings is 1. The van der Waals surface area contributed by atoms with Gasteiger partial charge in [0.15, 0.2) is 5.82 Å². The fourth-order valence-electron chi connectivity index (χ4n) is 2.76. The molecule has 8 nitrogen and oxygen atoms in total. The van der Waals surface area contributed by atoms with Crippen LogP contribution in [-0.2, 0) is 9.53 Å². The molecular weight excluding hydrogens is 368 g/mol. The molecule has 146 valence electrons. The minimum atomic E-state index is -0.371. The number of hydrogen-bond donors (Lipinski definition) is 3. The number of aromatic nitrogens is 2. The lowest BCUT2D eigenvalue weighted by molar-refractivity contribution is -0.121. The summed E-state index contributed by atoms with van der Waals surface area (Å²) in [4.78, 5) is 19.1. The van der Waals surface area contributed by atoms with Crippen LogP contribution in [0.25, 0.3) is 10.9 Å². The maximum Gasteiger partial charge on any atom is 0.240 e. The van der Waals surface area contributed by atoms with Crippen molar-refractivity contribution in [1.29, 1.82) is 0 Å². The molecule has 1 aliphatic rings. The highest BCUT2D eigenvalue weighted by atomic mass is 35.5. The summed E-state index contributed by atoms with van der Waals surface area (Å²) in [5.41, 5.74) is 0.434. The van der Waals surface area contributed by atoms with Crippen molar-refractivity contribution >= 4 is 40.2 Å². The Balaban J connectivity index is 1.74. The number of fused-ring (bicyclic) bond motifs is 1. The second-order valence-corrected chi connectivity index (χ2v) is 7.89. The van der Waals surface area contributed by atoms with Crippen molar-refractivity contribution in [3.05, 3.63) is 23.2 Å². The van der Waals surface area contributed by atoms with Crippen LogP contribution in [0.15, 0.2) is 23.2 Å². The molecule has 2 heterocycles. The van der Waals surface area contributed by atoms with E-state index in [1.54, 1.807) is 12.1 Å². The summed E-state index contributed by atoms with van der Waals surface area (Å²) in [7, 11) is 0. The topological polar surface area (TPSA) is 94.6 Å². The Kier molecular flexibility index (Phi) is 5.98. The second kappa shape index (κ2) is 8.24. The van der Waals surface area contributed by atoms with Crippen molar-refractivity contribution in [2.75, 3.05) is 38.2 Å². The van der Waals surface area contributed by atoms with Crippen LogP contribution in [0, 0.1) is 0 Å². The number of aromatic amines is 1. The summed E-state index contributed by atoms with van der Waals surface area (Å²) in [6.45, 7) is 8.98. The van der Waals surface area contributed by atoms with E-state index in [1.807, 2.05) is 26.8 Å². The van der Waals surface area contributed by atoms with Gasteiger partial charge in [0.2, 0.25) is 11.9 Å². The number of halogens is 1. The lowest BCUT2D eigenvalue weighted by Gasteiger charge is -2.26. The van der Waals surface area contributed by atoms with E-state index < -0.39 is 0 Å². The van der Waals surface area contributed by atoms with Crippen LogP contribution in [0.1, 0.15) is 20.8 Å². The van der Waals surface area contributed by atoms with Crippen molar-refractivity contribution in [1.82, 2.24) is 20.4 Å². The van der Waals surface area contributed by atoms with Crippen LogP contribution in [0.3, 0.4) is 0 Å². The van der Waals surface area contributed by atoms with Crippen LogP contribution >= 0.6 is 11.6 Å². The number of hydrogen-bond acceptors (Lipinski definition) is 5. The Morgan fingerprint density at radius 3 is 2.81 bits per heavy atom. The number of carbonyl (C=O) groups excluding carboxylic acids is 1. The van der Waals surface area contributed by atoms with E-state index in [9.17, 15) is 4.79 Å². The third-order valence-electron chi connectivity index (χ3n) is 3.94. The third kappa shape index (κ3) is 5.66. The molecule has 0 spiro atoms. The molecule has 0 atom stereocenters. The summed E-state index contributed by atoms with van der Waals surface area (Å²) in [5.74, 6) is 0.815. The first-order valence-electron chi connectivity index (χ1n) is 8.91. The molecule has 0 radical (unpaired) electrons. The third-order valence-corrected chi connectivity index (χ3v) is 4.17. The van der Waals surface area contributed by atoms with Crippen molar-refractivity contribution < 1.29 is 9.53 Å². The highest BCUT2D eigenvalue weighted by molar-refractivity contribution is 6.31. The molecule has 2 aromatic rings. The van der Waals surface area contributed by atoms with Gasteiger partial charge in [-0.3, -0.25) is 20.1 Å². The monoisotopic (exact) mass is 392 g/mol. The zero-order valence-electron chi connectivity index (χ0n) is 15.8. The first-order valence-corrected chi connectivity index (χ1v) is 9.28. The van der Waals surface area contributed by atoms with Gasteiger partial charge in [-0.25, -0.2) is 4.99 Å². The van der Waals surface area contributed by atoms with Gasteiger partial charge in [-0.1, -0.05) is 11.6 Å². The molecule has 0 unspecified atom stereocenters. The summed E-state index contributed by atoms with van der Waals surface area (Å²) in [6.07, 6.45) is 0. The predicted molar refractivity (Wildman–Crippen MR) is 107 cm³/mol. The molecule has 27 heavy (non-hydrogen) atoms. The van der Waals surface area contributed by atoms with E-state index >= 15 is 0 Å². The van der Waals surface area contributed by atoms with E-state index in [0.29, 0.717) is 36.6 Å². The fourth-order valence-corrected chi connectivity index (χ4v) is 2.93. The fraction of sp³-hybridized carbons (Fsp3) is 0.500. The van der Waals surface area contributed by atoms with Crippen LogP contribution in [0.5, 0.6) is 0 Å². The molecule has 0 bridgehead atoms. The van der Waals surface area contributed by atoms with E-state index in [1.165, 1.54) is 0 Å². The summed E-state index contributed by atoms with van der Waals surface area (Å²) in [6, 6.07) is 5.46. The molecule has 1 saturated heterocycles. The average Bonchev–Trinajstić information content (AvgIpc) is 2.96. The van der Waals surface area contributed by atoms with E-state index in [0.717, 1.165) is 24.0 Å². The molecule has 0 saturated carbocycles. The number of carbonyl (C=O) groups is 1. The minimum absolute atomic E-state index is 0.129. The molecular formula is C18H25ClN6O2. The molecule has 1 amide bonds. The zero-order valence-corrected chi connectivity index (χ0v) is 16.6. The van der Waals surface area contributed by atoms with Crippen LogP contribution in [0.4, 0.5) is 5.82 Å². The second-order valence-electron chi connectivity index (χ2n) is 7.46.